The third-order valence-corrected chi connectivity index (χ3v) is 5.74. The minimum Gasteiger partial charge on any atom is -0.373 e. The second-order valence-electron chi connectivity index (χ2n) is 7.38. The summed E-state index contributed by atoms with van der Waals surface area (Å²) in [6.45, 7) is 0.220. The molecule has 0 spiro atoms. The van der Waals surface area contributed by atoms with E-state index >= 15 is 0 Å². The molecule has 0 fully saturated rings. The van der Waals surface area contributed by atoms with Crippen molar-refractivity contribution in [2.45, 2.75) is 12.6 Å². The van der Waals surface area contributed by atoms with Crippen LogP contribution in [0, 0.1) is 11.6 Å². The topological polar surface area (TPSA) is 91.1 Å². The Morgan fingerprint density at radius 1 is 1.19 bits per heavy atom. The fourth-order valence-electron chi connectivity index (χ4n) is 4.00. The molecule has 0 saturated heterocycles. The second kappa shape index (κ2) is 7.14. The molecular formula is C21H15ClF2N4O3. The standard InChI is InChI=1S/C21H15ClF2N4O3/c1-28(21(30)14-2-9-3-18(22)25-6-15(9)26-14)17-8-31-7-16-19(17)10-4-12(23)13(24)5-11(10)20(29)27-16/h2-6,17,26H,7-8H2,1H3,(H,27,29)/t17-/m0/s1. The molecule has 1 aromatic carbocycles. The van der Waals surface area contributed by atoms with Gasteiger partial charge in [-0.1, -0.05) is 11.6 Å². The van der Waals surface area contributed by atoms with Crippen LogP contribution in [0.4, 0.5) is 8.78 Å². The molecule has 0 bridgehead atoms. The number of nitrogens with zero attached hydrogens (tertiary/aromatic N) is 2. The monoisotopic (exact) mass is 444 g/mol. The largest absolute Gasteiger partial charge is 0.373 e. The number of carbonyl (C=O) groups excluding carboxylic acids is 1. The average molecular weight is 445 g/mol. The van der Waals surface area contributed by atoms with E-state index in [1.165, 1.54) is 11.1 Å². The highest BCUT2D eigenvalue weighted by atomic mass is 35.5. The highest BCUT2D eigenvalue weighted by molar-refractivity contribution is 6.30. The molecule has 0 aliphatic carbocycles. The third kappa shape index (κ3) is 3.17. The van der Waals surface area contributed by atoms with Gasteiger partial charge in [-0.2, -0.15) is 0 Å². The number of pyridine rings is 2. The van der Waals surface area contributed by atoms with Crippen LogP contribution in [0.25, 0.3) is 21.7 Å². The second-order valence-corrected chi connectivity index (χ2v) is 7.77. The van der Waals surface area contributed by atoms with Crippen molar-refractivity contribution in [2.75, 3.05) is 13.7 Å². The van der Waals surface area contributed by atoms with Gasteiger partial charge in [0.05, 0.1) is 36.4 Å². The minimum atomic E-state index is -1.11. The number of carbonyl (C=O) groups is 1. The number of amides is 1. The molecule has 1 aliphatic heterocycles. The van der Waals surface area contributed by atoms with E-state index in [2.05, 4.69) is 15.0 Å². The zero-order valence-electron chi connectivity index (χ0n) is 16.1. The van der Waals surface area contributed by atoms with E-state index in [-0.39, 0.29) is 29.9 Å². The fraction of sp³-hybridized carbons (Fsp3) is 0.190. The van der Waals surface area contributed by atoms with Gasteiger partial charge in [-0.15, -0.1) is 0 Å². The molecule has 4 heterocycles. The predicted octanol–water partition coefficient (Wildman–Crippen LogP) is 3.68. The summed E-state index contributed by atoms with van der Waals surface area (Å²) in [5.41, 5.74) is 1.35. The predicted molar refractivity (Wildman–Crippen MR) is 110 cm³/mol. The van der Waals surface area contributed by atoms with Crippen molar-refractivity contribution in [1.82, 2.24) is 19.9 Å². The number of nitrogens with one attached hydrogen (secondary N) is 2. The van der Waals surface area contributed by atoms with Crippen molar-refractivity contribution in [3.63, 3.8) is 0 Å². The summed E-state index contributed by atoms with van der Waals surface area (Å²) < 4.78 is 33.4. The van der Waals surface area contributed by atoms with E-state index in [4.69, 9.17) is 16.3 Å². The average Bonchev–Trinajstić information content (AvgIpc) is 3.17. The van der Waals surface area contributed by atoms with E-state index in [9.17, 15) is 18.4 Å². The number of aromatic amines is 2. The summed E-state index contributed by atoms with van der Waals surface area (Å²) in [4.78, 5) is 36.7. The van der Waals surface area contributed by atoms with E-state index < -0.39 is 23.2 Å². The first-order valence-corrected chi connectivity index (χ1v) is 9.74. The molecule has 7 nitrogen and oxygen atoms in total. The normalized spacial score (nSPS) is 15.9. The molecule has 1 aliphatic rings. The Balaban J connectivity index is 1.61. The van der Waals surface area contributed by atoms with Crippen LogP contribution in [0.3, 0.4) is 0 Å². The smallest absolute Gasteiger partial charge is 0.270 e. The summed E-state index contributed by atoms with van der Waals surface area (Å²) in [6, 6.07) is 4.53. The van der Waals surface area contributed by atoms with Gasteiger partial charge < -0.3 is 19.6 Å². The van der Waals surface area contributed by atoms with Crippen molar-refractivity contribution in [3.8, 4) is 0 Å². The van der Waals surface area contributed by atoms with Crippen molar-refractivity contribution in [3.05, 3.63) is 74.6 Å². The van der Waals surface area contributed by atoms with Gasteiger partial charge in [0.1, 0.15) is 10.8 Å². The molecule has 1 amide bonds. The number of fused-ring (bicyclic) bond motifs is 4. The summed E-state index contributed by atoms with van der Waals surface area (Å²) in [5.74, 6) is -2.54. The Morgan fingerprint density at radius 2 is 1.94 bits per heavy atom. The molecular weight excluding hydrogens is 430 g/mol. The van der Waals surface area contributed by atoms with Crippen molar-refractivity contribution < 1.29 is 18.3 Å². The molecule has 3 aromatic heterocycles. The number of aromatic nitrogens is 3. The number of hydrogen-bond acceptors (Lipinski definition) is 4. The van der Waals surface area contributed by atoms with E-state index in [0.717, 1.165) is 17.5 Å². The van der Waals surface area contributed by atoms with Crippen LogP contribution in [0.5, 0.6) is 0 Å². The van der Waals surface area contributed by atoms with E-state index in [1.54, 1.807) is 19.2 Å². The third-order valence-electron chi connectivity index (χ3n) is 5.53. The van der Waals surface area contributed by atoms with Gasteiger partial charge in [0.25, 0.3) is 11.5 Å². The van der Waals surface area contributed by atoms with Crippen LogP contribution in [0.2, 0.25) is 5.15 Å². The number of halogens is 3. The first kappa shape index (κ1) is 19.7. The van der Waals surface area contributed by atoms with E-state index in [0.29, 0.717) is 27.6 Å². The number of likely N-dealkylation sites (N-methyl/N-ethyl adjacent to an activating group) is 1. The zero-order chi connectivity index (χ0) is 21.9. The van der Waals surface area contributed by atoms with Crippen LogP contribution >= 0.6 is 11.6 Å². The lowest BCUT2D eigenvalue weighted by Crippen LogP contribution is -2.37. The summed E-state index contributed by atoms with van der Waals surface area (Å²) in [5, 5.41) is 1.29. The first-order chi connectivity index (χ1) is 14.8. The van der Waals surface area contributed by atoms with Crippen LogP contribution in [0.1, 0.15) is 27.8 Å². The van der Waals surface area contributed by atoms with Crippen molar-refractivity contribution in [2.24, 2.45) is 0 Å². The summed E-state index contributed by atoms with van der Waals surface area (Å²) >= 11 is 5.92. The van der Waals surface area contributed by atoms with Gasteiger partial charge in [0.15, 0.2) is 11.6 Å². The molecule has 1 atom stereocenters. The first-order valence-electron chi connectivity index (χ1n) is 9.36. The number of hydrogen-bond donors (Lipinski definition) is 2. The fourth-order valence-corrected chi connectivity index (χ4v) is 4.17. The van der Waals surface area contributed by atoms with Gasteiger partial charge >= 0.3 is 0 Å². The highest BCUT2D eigenvalue weighted by Gasteiger charge is 2.32. The number of rotatable bonds is 2. The van der Waals surface area contributed by atoms with Crippen LogP contribution < -0.4 is 5.56 Å². The highest BCUT2D eigenvalue weighted by Crippen LogP contribution is 2.34. The SMILES string of the molecule is CN(C(=O)c1cc2cc(Cl)ncc2[nH]1)[C@H]1COCc2[nH]c(=O)c3cc(F)c(F)cc3c21. The number of benzene rings is 1. The molecule has 0 radical (unpaired) electrons. The van der Waals surface area contributed by atoms with Gasteiger partial charge in [-0.25, -0.2) is 13.8 Å². The lowest BCUT2D eigenvalue weighted by molar-refractivity contribution is 0.0333. The maximum atomic E-state index is 14.0. The quantitative estimate of drug-likeness (QED) is 0.461. The van der Waals surface area contributed by atoms with Crippen molar-refractivity contribution >= 4 is 39.2 Å². The Bertz CT molecular complexity index is 1430. The zero-order valence-corrected chi connectivity index (χ0v) is 16.9. The Kier molecular flexibility index (Phi) is 4.53. The molecule has 4 aromatic rings. The molecule has 5 rings (SSSR count). The van der Waals surface area contributed by atoms with Gasteiger partial charge in [0.2, 0.25) is 0 Å². The van der Waals surface area contributed by atoms with Crippen LogP contribution in [-0.2, 0) is 11.3 Å². The molecule has 158 valence electrons. The molecule has 0 unspecified atom stereocenters. The van der Waals surface area contributed by atoms with Crippen LogP contribution in [0.15, 0.2) is 35.3 Å². The number of H-pyrrole nitrogens is 2. The molecule has 2 N–H and O–H groups in total. The van der Waals surface area contributed by atoms with Gasteiger partial charge in [-0.05, 0) is 29.7 Å². The lowest BCUT2D eigenvalue weighted by Gasteiger charge is -2.33. The maximum Gasteiger partial charge on any atom is 0.270 e. The maximum absolute atomic E-state index is 14.0. The number of ether oxygens (including phenoxy) is 1. The summed E-state index contributed by atoms with van der Waals surface area (Å²) in [7, 11) is 1.58. The Morgan fingerprint density at radius 3 is 2.71 bits per heavy atom. The van der Waals surface area contributed by atoms with Crippen molar-refractivity contribution in [1.29, 1.82) is 0 Å². The Hall–Kier alpha value is -3.30. The van der Waals surface area contributed by atoms with Gasteiger partial charge in [0, 0.05) is 23.7 Å². The molecule has 10 heteroatoms. The lowest BCUT2D eigenvalue weighted by atomic mass is 9.95. The van der Waals surface area contributed by atoms with Gasteiger partial charge in [-0.3, -0.25) is 9.59 Å². The minimum absolute atomic E-state index is 0.0109. The molecule has 31 heavy (non-hydrogen) atoms. The van der Waals surface area contributed by atoms with Crippen LogP contribution in [-0.4, -0.2) is 39.4 Å². The summed E-state index contributed by atoms with van der Waals surface area (Å²) in [6.07, 6.45) is 1.53. The van der Waals surface area contributed by atoms with E-state index in [1.807, 2.05) is 0 Å². The Labute approximate surface area is 178 Å². The molecule has 0 saturated carbocycles.